The number of hydrogen-bond acceptors (Lipinski definition) is 7. The van der Waals surface area contributed by atoms with Crippen LogP contribution in [0.25, 0.3) is 0 Å². The van der Waals surface area contributed by atoms with E-state index in [0.717, 1.165) is 97.0 Å². The van der Waals surface area contributed by atoms with E-state index < -0.39 is 32.5 Å². The highest BCUT2D eigenvalue weighted by Crippen LogP contribution is 2.42. The van der Waals surface area contributed by atoms with Gasteiger partial charge < -0.3 is 14.4 Å². The quantitative estimate of drug-likeness (QED) is 0.0288. The van der Waals surface area contributed by atoms with Crippen molar-refractivity contribution in [3.05, 3.63) is 134 Å². The molecule has 318 valence electrons. The van der Waals surface area contributed by atoms with Gasteiger partial charge in [0, 0.05) is 20.0 Å². The number of ether oxygens (including phenoxy) is 2. The SMILES string of the molecule is CC/C=C\C/C=C\C/C=C\C/C=C\C/C=C\C/C=C\CCC(=O)OC(COC(=O)CCCCC/C=C\C/C=C\C/C=C\C/C=C\C/C=C\CC)COP(=O)(O)OC. The van der Waals surface area contributed by atoms with Crippen LogP contribution in [0.2, 0.25) is 0 Å². The molecule has 0 saturated carbocycles. The molecule has 0 aromatic rings. The van der Waals surface area contributed by atoms with E-state index in [-0.39, 0.29) is 19.4 Å². The summed E-state index contributed by atoms with van der Waals surface area (Å²) in [6.07, 6.45) is 60.9. The molecule has 0 aliphatic rings. The Kier molecular flexibility index (Phi) is 39.0. The Balaban J connectivity index is 4.25. The Labute approximate surface area is 345 Å². The second-order valence-electron chi connectivity index (χ2n) is 13.0. The third-order valence-corrected chi connectivity index (χ3v) is 8.84. The van der Waals surface area contributed by atoms with Crippen LogP contribution >= 0.6 is 7.82 Å². The zero-order chi connectivity index (χ0) is 41.8. The van der Waals surface area contributed by atoms with Crippen molar-refractivity contribution in [1.29, 1.82) is 0 Å². The van der Waals surface area contributed by atoms with Gasteiger partial charge in [-0.15, -0.1) is 0 Å². The third-order valence-electron chi connectivity index (χ3n) is 7.90. The maximum atomic E-state index is 12.5. The second-order valence-corrected chi connectivity index (χ2v) is 14.6. The molecule has 0 aliphatic heterocycles. The van der Waals surface area contributed by atoms with E-state index in [9.17, 15) is 19.0 Å². The van der Waals surface area contributed by atoms with Crippen molar-refractivity contribution in [2.45, 2.75) is 136 Å². The summed E-state index contributed by atoms with van der Waals surface area (Å²) in [5.74, 6) is -0.956. The first-order chi connectivity index (χ1) is 27.8. The van der Waals surface area contributed by atoms with Gasteiger partial charge in [-0.05, 0) is 96.3 Å². The molecule has 8 nitrogen and oxygen atoms in total. The molecule has 0 fully saturated rings. The van der Waals surface area contributed by atoms with Gasteiger partial charge in [-0.2, -0.15) is 0 Å². The van der Waals surface area contributed by atoms with Gasteiger partial charge in [-0.1, -0.05) is 154 Å². The fraction of sp³-hybridized carbons (Fsp3) is 0.500. The highest BCUT2D eigenvalue weighted by atomic mass is 31.2. The Morgan fingerprint density at radius 1 is 0.491 bits per heavy atom. The zero-order valence-electron chi connectivity index (χ0n) is 35.2. The Morgan fingerprint density at radius 2 is 0.877 bits per heavy atom. The average Bonchev–Trinajstić information content (AvgIpc) is 3.20. The van der Waals surface area contributed by atoms with Crippen molar-refractivity contribution in [3.63, 3.8) is 0 Å². The second kappa shape index (κ2) is 41.8. The minimum Gasteiger partial charge on any atom is -0.462 e. The molecule has 2 atom stereocenters. The fourth-order valence-corrected chi connectivity index (χ4v) is 5.23. The first-order valence-electron chi connectivity index (χ1n) is 20.9. The van der Waals surface area contributed by atoms with Gasteiger partial charge in [-0.3, -0.25) is 18.6 Å². The van der Waals surface area contributed by atoms with Gasteiger partial charge in [0.2, 0.25) is 0 Å². The zero-order valence-corrected chi connectivity index (χ0v) is 36.1. The first kappa shape index (κ1) is 53.2. The standard InChI is InChI=1S/C48H73O8P/c1-4-6-8-10-12-14-16-18-20-22-24-26-28-30-32-34-36-38-40-42-47(49)54-44-46(45-55-57(51,52)53-3)56-48(50)43-41-39-37-35-33-31-29-27-25-23-21-19-17-15-13-11-9-7-5-2/h6-9,12-15,18-21,24-27,30-33,37,39,46H,4-5,10-11,16-17,22-23,28-29,34-36,38,40-45H2,1-3H3,(H,51,52)/b8-6-,9-7-,14-12-,15-13-,20-18-,21-19-,26-24-,27-25-,32-30-,33-31-,39-37-. The number of allylic oxidation sites excluding steroid dienone is 22. The molecule has 57 heavy (non-hydrogen) atoms. The monoisotopic (exact) mass is 809 g/mol. The minimum atomic E-state index is -4.30. The summed E-state index contributed by atoms with van der Waals surface area (Å²) in [4.78, 5) is 34.4. The molecule has 0 aromatic carbocycles. The minimum absolute atomic E-state index is 0.103. The Morgan fingerprint density at radius 3 is 1.28 bits per heavy atom. The molecule has 2 unspecified atom stereocenters. The van der Waals surface area contributed by atoms with Crippen LogP contribution in [0.15, 0.2) is 134 Å². The number of phosphoric acid groups is 1. The maximum absolute atomic E-state index is 12.5. The van der Waals surface area contributed by atoms with Crippen LogP contribution in [-0.4, -0.2) is 43.3 Å². The van der Waals surface area contributed by atoms with Crippen LogP contribution in [0.4, 0.5) is 0 Å². The summed E-state index contributed by atoms with van der Waals surface area (Å²) < 4.78 is 31.8. The van der Waals surface area contributed by atoms with Crippen LogP contribution in [0.1, 0.15) is 129 Å². The molecule has 1 N–H and O–H groups in total. The largest absolute Gasteiger partial charge is 0.472 e. The van der Waals surface area contributed by atoms with Crippen LogP contribution in [0.5, 0.6) is 0 Å². The summed E-state index contributed by atoms with van der Waals surface area (Å²) >= 11 is 0. The van der Waals surface area contributed by atoms with Crippen LogP contribution in [-0.2, 0) is 32.7 Å². The van der Waals surface area contributed by atoms with Crippen LogP contribution in [0.3, 0.4) is 0 Å². The van der Waals surface area contributed by atoms with Crippen molar-refractivity contribution in [3.8, 4) is 0 Å². The third kappa shape index (κ3) is 41.6. The van der Waals surface area contributed by atoms with E-state index in [2.05, 4.69) is 140 Å². The fourth-order valence-electron chi connectivity index (χ4n) is 4.77. The molecule has 0 heterocycles. The molecule has 0 radical (unpaired) electrons. The predicted molar refractivity (Wildman–Crippen MR) is 239 cm³/mol. The number of unbranched alkanes of at least 4 members (excludes halogenated alkanes) is 3. The summed E-state index contributed by atoms with van der Waals surface area (Å²) in [5, 5.41) is 0. The molecule has 0 bridgehead atoms. The van der Waals surface area contributed by atoms with E-state index in [1.165, 1.54) is 0 Å². The highest BCUT2D eigenvalue weighted by molar-refractivity contribution is 7.47. The van der Waals surface area contributed by atoms with Gasteiger partial charge in [-0.25, -0.2) is 4.57 Å². The van der Waals surface area contributed by atoms with Crippen LogP contribution < -0.4 is 0 Å². The van der Waals surface area contributed by atoms with Crippen molar-refractivity contribution in [2.24, 2.45) is 0 Å². The van der Waals surface area contributed by atoms with Gasteiger partial charge in [0.25, 0.3) is 0 Å². The predicted octanol–water partition coefficient (Wildman–Crippen LogP) is 13.4. The Hall–Kier alpha value is -3.81. The lowest BCUT2D eigenvalue weighted by atomic mass is 10.1. The normalized spacial score (nSPS) is 14.7. The van der Waals surface area contributed by atoms with Gasteiger partial charge in [0.15, 0.2) is 6.10 Å². The van der Waals surface area contributed by atoms with Gasteiger partial charge in [0.05, 0.1) is 6.61 Å². The average molecular weight is 809 g/mol. The summed E-state index contributed by atoms with van der Waals surface area (Å²) in [6, 6.07) is 0. The maximum Gasteiger partial charge on any atom is 0.472 e. The number of rotatable bonds is 36. The van der Waals surface area contributed by atoms with Crippen molar-refractivity contribution < 1.29 is 37.6 Å². The number of carbonyl (C=O) groups excluding carboxylic acids is 2. The van der Waals surface area contributed by atoms with E-state index in [1.54, 1.807) is 0 Å². The smallest absolute Gasteiger partial charge is 0.462 e. The lowest BCUT2D eigenvalue weighted by molar-refractivity contribution is -0.161. The molecule has 0 aromatic heterocycles. The lowest BCUT2D eigenvalue weighted by Crippen LogP contribution is -2.29. The molecule has 0 amide bonds. The number of hydrogen-bond donors (Lipinski definition) is 1. The van der Waals surface area contributed by atoms with Gasteiger partial charge >= 0.3 is 19.8 Å². The van der Waals surface area contributed by atoms with Crippen molar-refractivity contribution in [2.75, 3.05) is 20.3 Å². The summed E-state index contributed by atoms with van der Waals surface area (Å²) in [7, 11) is -3.26. The Bertz CT molecular complexity index is 1380. The summed E-state index contributed by atoms with van der Waals surface area (Å²) in [5.41, 5.74) is 0. The van der Waals surface area contributed by atoms with Crippen molar-refractivity contribution >= 4 is 19.8 Å². The van der Waals surface area contributed by atoms with E-state index >= 15 is 0 Å². The highest BCUT2D eigenvalue weighted by Gasteiger charge is 2.24. The molecule has 9 heteroatoms. The molecule has 0 saturated heterocycles. The molecular weight excluding hydrogens is 735 g/mol. The number of esters is 2. The molecular formula is C48H73O8P. The van der Waals surface area contributed by atoms with E-state index in [4.69, 9.17) is 14.0 Å². The van der Waals surface area contributed by atoms with Crippen molar-refractivity contribution in [1.82, 2.24) is 0 Å². The number of carbonyl (C=O) groups is 2. The lowest BCUT2D eigenvalue weighted by Gasteiger charge is -2.19. The first-order valence-corrected chi connectivity index (χ1v) is 22.4. The van der Waals surface area contributed by atoms with Crippen LogP contribution in [0, 0.1) is 0 Å². The van der Waals surface area contributed by atoms with E-state index in [0.29, 0.717) is 12.8 Å². The van der Waals surface area contributed by atoms with Gasteiger partial charge in [0.1, 0.15) is 6.61 Å². The number of phosphoric ester groups is 1. The molecule has 0 aliphatic carbocycles. The topological polar surface area (TPSA) is 108 Å². The molecule has 0 rings (SSSR count). The molecule has 0 spiro atoms. The van der Waals surface area contributed by atoms with E-state index in [1.807, 2.05) is 12.2 Å². The summed E-state index contributed by atoms with van der Waals surface area (Å²) in [6.45, 7) is 3.54.